The smallest absolute Gasteiger partial charge is 0.193 e. The minimum Gasteiger partial charge on any atom is -0.507 e. The van der Waals surface area contributed by atoms with Gasteiger partial charge in [-0.3, -0.25) is 4.79 Å². The lowest BCUT2D eigenvalue weighted by atomic mass is 10.0. The van der Waals surface area contributed by atoms with Gasteiger partial charge in [0.25, 0.3) is 0 Å². The number of aromatic hydroxyl groups is 1. The lowest BCUT2D eigenvalue weighted by Gasteiger charge is -2.04. The Morgan fingerprint density at radius 1 is 1.13 bits per heavy atom. The molecule has 0 bridgehead atoms. The van der Waals surface area contributed by atoms with Crippen molar-refractivity contribution in [3.05, 3.63) is 65.9 Å². The van der Waals surface area contributed by atoms with E-state index in [9.17, 15) is 15.0 Å². The first-order valence-corrected chi connectivity index (χ1v) is 6.88. The summed E-state index contributed by atoms with van der Waals surface area (Å²) < 4.78 is 10.2. The van der Waals surface area contributed by atoms with Crippen molar-refractivity contribution in [1.82, 2.24) is 0 Å². The standard InChI is InChI=1S/C18H14O5/c1-22-12-4-2-11(3-5-12)15(19)10-16(20)13-6-7-17-14(18(13)21)8-9-23-17/h2-10,19,21H,1H3/b15-10-. The lowest BCUT2D eigenvalue weighted by Crippen LogP contribution is -1.97. The van der Waals surface area contributed by atoms with Gasteiger partial charge in [0.05, 0.1) is 24.3 Å². The van der Waals surface area contributed by atoms with Crippen molar-refractivity contribution in [3.8, 4) is 11.5 Å². The normalized spacial score (nSPS) is 11.6. The number of carbonyl (C=O) groups is 1. The van der Waals surface area contributed by atoms with Gasteiger partial charge in [-0.1, -0.05) is 0 Å². The average molecular weight is 310 g/mol. The lowest BCUT2D eigenvalue weighted by molar-refractivity contribution is 0.104. The van der Waals surface area contributed by atoms with Gasteiger partial charge in [0, 0.05) is 11.6 Å². The highest BCUT2D eigenvalue weighted by Gasteiger charge is 2.14. The molecule has 0 amide bonds. The molecule has 3 rings (SSSR count). The second kappa shape index (κ2) is 5.88. The number of hydrogen-bond acceptors (Lipinski definition) is 5. The zero-order valence-electron chi connectivity index (χ0n) is 12.3. The van der Waals surface area contributed by atoms with Crippen molar-refractivity contribution < 1.29 is 24.2 Å². The van der Waals surface area contributed by atoms with Gasteiger partial charge in [-0.25, -0.2) is 0 Å². The number of allylic oxidation sites excluding steroid dienone is 1. The Kier molecular flexibility index (Phi) is 3.76. The number of ether oxygens (including phenoxy) is 1. The molecule has 0 aliphatic carbocycles. The molecule has 3 aromatic rings. The van der Waals surface area contributed by atoms with Crippen LogP contribution in [0.2, 0.25) is 0 Å². The molecule has 0 saturated carbocycles. The fourth-order valence-electron chi connectivity index (χ4n) is 2.27. The summed E-state index contributed by atoms with van der Waals surface area (Å²) in [4.78, 5) is 12.3. The molecule has 0 aliphatic heterocycles. The Morgan fingerprint density at radius 2 is 1.87 bits per heavy atom. The van der Waals surface area contributed by atoms with E-state index in [-0.39, 0.29) is 17.1 Å². The molecule has 0 spiro atoms. The number of rotatable bonds is 4. The maximum atomic E-state index is 12.3. The summed E-state index contributed by atoms with van der Waals surface area (Å²) in [5, 5.41) is 20.7. The molecule has 116 valence electrons. The van der Waals surface area contributed by atoms with Crippen molar-refractivity contribution in [2.24, 2.45) is 0 Å². The van der Waals surface area contributed by atoms with E-state index in [1.807, 2.05) is 0 Å². The van der Waals surface area contributed by atoms with Gasteiger partial charge >= 0.3 is 0 Å². The highest BCUT2D eigenvalue weighted by atomic mass is 16.5. The van der Waals surface area contributed by atoms with Crippen LogP contribution in [-0.4, -0.2) is 23.1 Å². The summed E-state index contributed by atoms with van der Waals surface area (Å²) in [6.45, 7) is 0. The SMILES string of the molecule is COc1ccc(/C(O)=C/C(=O)c2ccc3occc3c2O)cc1. The fraction of sp³-hybridized carbons (Fsp3) is 0.0556. The molecule has 0 atom stereocenters. The van der Waals surface area contributed by atoms with Crippen LogP contribution in [0.5, 0.6) is 11.5 Å². The Bertz CT molecular complexity index is 887. The first-order valence-electron chi connectivity index (χ1n) is 6.88. The van der Waals surface area contributed by atoms with E-state index in [2.05, 4.69) is 0 Å². The van der Waals surface area contributed by atoms with Crippen LogP contribution in [0.15, 0.2) is 59.2 Å². The van der Waals surface area contributed by atoms with Crippen molar-refractivity contribution in [3.63, 3.8) is 0 Å². The van der Waals surface area contributed by atoms with E-state index < -0.39 is 5.78 Å². The van der Waals surface area contributed by atoms with Crippen molar-refractivity contribution in [1.29, 1.82) is 0 Å². The molecule has 2 N–H and O–H groups in total. The number of furan rings is 1. The van der Waals surface area contributed by atoms with Gasteiger partial charge in [0.1, 0.15) is 22.8 Å². The van der Waals surface area contributed by atoms with E-state index in [0.29, 0.717) is 22.3 Å². The summed E-state index contributed by atoms with van der Waals surface area (Å²) in [5.41, 5.74) is 1.06. The maximum absolute atomic E-state index is 12.3. The number of methoxy groups -OCH3 is 1. The fourth-order valence-corrected chi connectivity index (χ4v) is 2.27. The minimum absolute atomic E-state index is 0.0963. The molecule has 0 aliphatic rings. The third-order valence-electron chi connectivity index (χ3n) is 3.53. The van der Waals surface area contributed by atoms with E-state index in [1.54, 1.807) is 43.5 Å². The quantitative estimate of drug-likeness (QED) is 0.433. The van der Waals surface area contributed by atoms with Gasteiger partial charge < -0.3 is 19.4 Å². The number of carbonyl (C=O) groups excluding carboxylic acids is 1. The molecule has 0 radical (unpaired) electrons. The first-order chi connectivity index (χ1) is 11.1. The third kappa shape index (κ3) is 2.76. The Hall–Kier alpha value is -3.21. The first kappa shape index (κ1) is 14.7. The number of aliphatic hydroxyl groups is 1. The van der Waals surface area contributed by atoms with E-state index in [4.69, 9.17) is 9.15 Å². The Morgan fingerprint density at radius 3 is 2.57 bits per heavy atom. The van der Waals surface area contributed by atoms with Crippen molar-refractivity contribution in [2.45, 2.75) is 0 Å². The van der Waals surface area contributed by atoms with Crippen LogP contribution in [0.3, 0.4) is 0 Å². The van der Waals surface area contributed by atoms with Crippen LogP contribution >= 0.6 is 0 Å². The summed E-state index contributed by atoms with van der Waals surface area (Å²) >= 11 is 0. The number of benzene rings is 2. The molecule has 0 saturated heterocycles. The zero-order valence-corrected chi connectivity index (χ0v) is 12.3. The summed E-state index contributed by atoms with van der Waals surface area (Å²) in [6, 6.07) is 11.3. The molecule has 2 aromatic carbocycles. The second-order valence-electron chi connectivity index (χ2n) is 4.92. The minimum atomic E-state index is -0.501. The number of aliphatic hydroxyl groups excluding tert-OH is 1. The predicted octanol–water partition coefficient (Wildman–Crippen LogP) is 3.93. The third-order valence-corrected chi connectivity index (χ3v) is 3.53. The number of ketones is 1. The number of fused-ring (bicyclic) bond motifs is 1. The van der Waals surface area contributed by atoms with Crippen LogP contribution in [0.1, 0.15) is 15.9 Å². The maximum Gasteiger partial charge on any atom is 0.193 e. The molecule has 1 aromatic heterocycles. The zero-order chi connectivity index (χ0) is 16.4. The van der Waals surface area contributed by atoms with E-state index in [1.165, 1.54) is 12.3 Å². The molecule has 5 heteroatoms. The molecule has 0 fully saturated rings. The van der Waals surface area contributed by atoms with Gasteiger partial charge in [-0.05, 0) is 42.5 Å². The average Bonchev–Trinajstić information content (AvgIpc) is 3.04. The molecular weight excluding hydrogens is 296 g/mol. The Labute approximate surface area is 132 Å². The highest BCUT2D eigenvalue weighted by Crippen LogP contribution is 2.30. The van der Waals surface area contributed by atoms with Crippen LogP contribution in [0.25, 0.3) is 16.7 Å². The number of hydrogen-bond donors (Lipinski definition) is 2. The summed E-state index contributed by atoms with van der Waals surface area (Å²) in [5.74, 6) is -0.209. The number of phenolic OH excluding ortho intramolecular Hbond substituents is 1. The number of phenols is 1. The monoisotopic (exact) mass is 310 g/mol. The topological polar surface area (TPSA) is 79.9 Å². The second-order valence-corrected chi connectivity index (χ2v) is 4.92. The predicted molar refractivity (Wildman–Crippen MR) is 85.8 cm³/mol. The van der Waals surface area contributed by atoms with Gasteiger partial charge in [-0.15, -0.1) is 0 Å². The van der Waals surface area contributed by atoms with Crippen LogP contribution in [0.4, 0.5) is 0 Å². The summed E-state index contributed by atoms with van der Waals surface area (Å²) in [7, 11) is 1.54. The molecule has 1 heterocycles. The largest absolute Gasteiger partial charge is 0.507 e. The van der Waals surface area contributed by atoms with Crippen LogP contribution in [-0.2, 0) is 0 Å². The van der Waals surface area contributed by atoms with E-state index >= 15 is 0 Å². The van der Waals surface area contributed by atoms with Crippen molar-refractivity contribution >= 4 is 22.5 Å². The molecule has 0 unspecified atom stereocenters. The van der Waals surface area contributed by atoms with Gasteiger partial charge in [0.2, 0.25) is 0 Å². The van der Waals surface area contributed by atoms with Crippen LogP contribution < -0.4 is 4.74 Å². The Balaban J connectivity index is 1.93. The van der Waals surface area contributed by atoms with Gasteiger partial charge in [0.15, 0.2) is 5.78 Å². The van der Waals surface area contributed by atoms with Gasteiger partial charge in [-0.2, -0.15) is 0 Å². The van der Waals surface area contributed by atoms with Crippen LogP contribution in [0, 0.1) is 0 Å². The summed E-state index contributed by atoms with van der Waals surface area (Å²) in [6.07, 6.45) is 2.51. The van der Waals surface area contributed by atoms with E-state index in [0.717, 1.165) is 6.08 Å². The van der Waals surface area contributed by atoms with Crippen molar-refractivity contribution in [2.75, 3.05) is 7.11 Å². The molecule has 5 nitrogen and oxygen atoms in total. The highest BCUT2D eigenvalue weighted by molar-refractivity contribution is 6.12. The molecular formula is C18H14O5. The molecule has 23 heavy (non-hydrogen) atoms.